The molecule has 0 atom stereocenters. The van der Waals surface area contributed by atoms with Crippen molar-refractivity contribution in [3.05, 3.63) is 76.5 Å². The molecule has 1 fully saturated rings. The van der Waals surface area contributed by atoms with Crippen molar-refractivity contribution in [1.29, 1.82) is 0 Å². The second-order valence-corrected chi connectivity index (χ2v) is 10.4. The largest absolute Gasteiger partial charge is 0.388 e. The molecule has 0 unspecified atom stereocenters. The second-order valence-electron chi connectivity index (χ2n) is 9.60. The first-order valence-corrected chi connectivity index (χ1v) is 12.4. The van der Waals surface area contributed by atoms with Crippen LogP contribution in [0.5, 0.6) is 0 Å². The van der Waals surface area contributed by atoms with Crippen molar-refractivity contribution in [1.82, 2.24) is 19.9 Å². The minimum atomic E-state index is -1.05. The van der Waals surface area contributed by atoms with E-state index in [4.69, 9.17) is 23.2 Å². The molecule has 1 saturated carbocycles. The average molecular weight is 509 g/mol. The highest BCUT2D eigenvalue weighted by Crippen LogP contribution is 2.39. The van der Waals surface area contributed by atoms with Crippen LogP contribution in [0.2, 0.25) is 10.0 Å². The lowest BCUT2D eigenvalue weighted by molar-refractivity contribution is -0.0171. The summed E-state index contributed by atoms with van der Waals surface area (Å²) in [7, 11) is 0. The van der Waals surface area contributed by atoms with E-state index in [1.165, 1.54) is 6.20 Å². The molecule has 0 radical (unpaired) electrons. The summed E-state index contributed by atoms with van der Waals surface area (Å²) in [5.41, 5.74) is 2.23. The molecule has 8 heteroatoms. The second kappa shape index (κ2) is 8.94. The Labute approximate surface area is 213 Å². The molecule has 5 rings (SSSR count). The number of hydrogen-bond acceptors (Lipinski definition) is 4. The molecule has 2 aromatic carbocycles. The molecule has 180 valence electrons. The number of carbonyl (C=O) groups is 1. The SMILES string of the molecule is CC(C)(O)C1(NC(=O)c2cnn3c(-c4ccc(Cl)cc4)c(-c4ccccc4Cl)cnc23)CCCC1. The Morgan fingerprint density at radius 1 is 1.03 bits per heavy atom. The van der Waals surface area contributed by atoms with Gasteiger partial charge in [-0.15, -0.1) is 0 Å². The number of aliphatic hydroxyl groups is 1. The third-order valence-electron chi connectivity index (χ3n) is 7.03. The Balaban J connectivity index is 1.66. The van der Waals surface area contributed by atoms with Crippen molar-refractivity contribution in [3.63, 3.8) is 0 Å². The van der Waals surface area contributed by atoms with Crippen LogP contribution in [0.25, 0.3) is 28.0 Å². The van der Waals surface area contributed by atoms with Crippen molar-refractivity contribution in [3.8, 4) is 22.4 Å². The number of nitrogens with one attached hydrogen (secondary N) is 1. The van der Waals surface area contributed by atoms with Gasteiger partial charge in [0.05, 0.1) is 23.0 Å². The molecule has 2 aromatic heterocycles. The monoisotopic (exact) mass is 508 g/mol. The van der Waals surface area contributed by atoms with Gasteiger partial charge in [0.15, 0.2) is 5.65 Å². The Kier molecular flexibility index (Phi) is 6.08. The number of fused-ring (bicyclic) bond motifs is 1. The van der Waals surface area contributed by atoms with Crippen molar-refractivity contribution < 1.29 is 9.90 Å². The van der Waals surface area contributed by atoms with Gasteiger partial charge < -0.3 is 10.4 Å². The maximum atomic E-state index is 13.5. The molecule has 0 bridgehead atoms. The first kappa shape index (κ1) is 23.8. The maximum absolute atomic E-state index is 13.5. The van der Waals surface area contributed by atoms with Gasteiger partial charge in [0.2, 0.25) is 0 Å². The zero-order chi connectivity index (χ0) is 24.8. The number of halogens is 2. The molecule has 35 heavy (non-hydrogen) atoms. The molecular weight excluding hydrogens is 483 g/mol. The van der Waals surface area contributed by atoms with E-state index in [1.807, 2.05) is 48.5 Å². The topological polar surface area (TPSA) is 79.5 Å². The van der Waals surface area contributed by atoms with Gasteiger partial charge in [-0.3, -0.25) is 4.79 Å². The number of hydrogen-bond donors (Lipinski definition) is 2. The first-order valence-electron chi connectivity index (χ1n) is 11.6. The van der Waals surface area contributed by atoms with Gasteiger partial charge in [0.1, 0.15) is 5.56 Å². The fourth-order valence-corrected chi connectivity index (χ4v) is 5.37. The minimum absolute atomic E-state index is 0.302. The van der Waals surface area contributed by atoms with E-state index < -0.39 is 11.1 Å². The number of rotatable bonds is 5. The molecule has 1 aliphatic carbocycles. The van der Waals surface area contributed by atoms with Gasteiger partial charge in [-0.2, -0.15) is 5.10 Å². The van der Waals surface area contributed by atoms with E-state index in [1.54, 1.807) is 24.6 Å². The average Bonchev–Trinajstić information content (AvgIpc) is 3.47. The molecule has 2 heterocycles. The molecule has 1 amide bonds. The van der Waals surface area contributed by atoms with E-state index in [2.05, 4.69) is 15.4 Å². The Morgan fingerprint density at radius 2 is 1.71 bits per heavy atom. The van der Waals surface area contributed by atoms with Crippen LogP contribution in [-0.2, 0) is 0 Å². The molecule has 0 aliphatic heterocycles. The van der Waals surface area contributed by atoms with Crippen molar-refractivity contribution in [2.45, 2.75) is 50.7 Å². The molecule has 1 aliphatic rings. The molecule has 2 N–H and O–H groups in total. The highest BCUT2D eigenvalue weighted by molar-refractivity contribution is 6.33. The van der Waals surface area contributed by atoms with Crippen LogP contribution >= 0.6 is 23.2 Å². The van der Waals surface area contributed by atoms with Gasteiger partial charge in [0.25, 0.3) is 5.91 Å². The van der Waals surface area contributed by atoms with Crippen LogP contribution in [0, 0.1) is 0 Å². The smallest absolute Gasteiger partial charge is 0.257 e. The Bertz CT molecular complexity index is 1400. The van der Waals surface area contributed by atoms with Gasteiger partial charge in [-0.25, -0.2) is 9.50 Å². The summed E-state index contributed by atoms with van der Waals surface area (Å²) in [6.07, 6.45) is 6.61. The third-order valence-corrected chi connectivity index (χ3v) is 7.62. The van der Waals surface area contributed by atoms with E-state index in [0.29, 0.717) is 21.3 Å². The number of carbonyl (C=O) groups excluding carboxylic acids is 1. The standard InChI is InChI=1S/C27H26Cl2N4O2/c1-26(2,35)27(13-5-6-14-27)32-25(34)21-16-31-33-23(17-9-11-18(28)12-10-17)20(15-30-24(21)33)19-7-3-4-8-22(19)29/h3-4,7-12,15-16,35H,5-6,13-14H2,1-2H3,(H,32,34). The van der Waals surface area contributed by atoms with Gasteiger partial charge in [-0.1, -0.05) is 66.4 Å². The van der Waals surface area contributed by atoms with Crippen LogP contribution < -0.4 is 5.32 Å². The van der Waals surface area contributed by atoms with Gasteiger partial charge in [-0.05, 0) is 44.9 Å². The predicted octanol–water partition coefficient (Wildman–Crippen LogP) is 6.18. The Morgan fingerprint density at radius 3 is 2.37 bits per heavy atom. The van der Waals surface area contributed by atoms with E-state index in [-0.39, 0.29) is 5.91 Å². The normalized spacial score (nSPS) is 15.5. The fourth-order valence-electron chi connectivity index (χ4n) is 5.01. The number of benzene rings is 2. The van der Waals surface area contributed by atoms with Crippen LogP contribution in [0.3, 0.4) is 0 Å². The molecular formula is C27H26Cl2N4O2. The molecule has 6 nitrogen and oxygen atoms in total. The lowest BCUT2D eigenvalue weighted by atomic mass is 9.80. The predicted molar refractivity (Wildman–Crippen MR) is 139 cm³/mol. The van der Waals surface area contributed by atoms with Crippen molar-refractivity contribution >= 4 is 34.8 Å². The molecule has 0 saturated heterocycles. The van der Waals surface area contributed by atoms with Crippen LogP contribution in [0.15, 0.2) is 60.9 Å². The maximum Gasteiger partial charge on any atom is 0.257 e. The zero-order valence-corrected chi connectivity index (χ0v) is 21.1. The number of amides is 1. The fraction of sp³-hybridized carbons (Fsp3) is 0.296. The Hall–Kier alpha value is -2.93. The van der Waals surface area contributed by atoms with Crippen LogP contribution in [-0.4, -0.2) is 36.8 Å². The van der Waals surface area contributed by atoms with Crippen molar-refractivity contribution in [2.75, 3.05) is 0 Å². The summed E-state index contributed by atoms with van der Waals surface area (Å²) in [5, 5.41) is 19.8. The molecule has 0 spiro atoms. The highest BCUT2D eigenvalue weighted by atomic mass is 35.5. The van der Waals surface area contributed by atoms with Gasteiger partial charge >= 0.3 is 0 Å². The van der Waals surface area contributed by atoms with Crippen LogP contribution in [0.4, 0.5) is 0 Å². The first-order chi connectivity index (χ1) is 16.7. The summed E-state index contributed by atoms with van der Waals surface area (Å²) in [4.78, 5) is 18.1. The van der Waals surface area contributed by atoms with E-state index in [9.17, 15) is 9.90 Å². The minimum Gasteiger partial charge on any atom is -0.388 e. The van der Waals surface area contributed by atoms with Gasteiger partial charge in [0, 0.05) is 32.9 Å². The van der Waals surface area contributed by atoms with Crippen LogP contribution in [0.1, 0.15) is 49.9 Å². The zero-order valence-electron chi connectivity index (χ0n) is 19.6. The third kappa shape index (κ3) is 4.20. The summed E-state index contributed by atoms with van der Waals surface area (Å²) < 4.78 is 1.67. The highest BCUT2D eigenvalue weighted by Gasteiger charge is 2.47. The lowest BCUT2D eigenvalue weighted by Gasteiger charge is -2.41. The molecule has 4 aromatic rings. The number of nitrogens with zero attached hydrogens (tertiary/aromatic N) is 3. The quantitative estimate of drug-likeness (QED) is 0.337. The van der Waals surface area contributed by atoms with Crippen molar-refractivity contribution in [2.24, 2.45) is 0 Å². The summed E-state index contributed by atoms with van der Waals surface area (Å²) in [5.74, 6) is -0.302. The lowest BCUT2D eigenvalue weighted by Crippen LogP contribution is -2.60. The summed E-state index contributed by atoms with van der Waals surface area (Å²) >= 11 is 12.7. The van der Waals surface area contributed by atoms with E-state index in [0.717, 1.165) is 48.1 Å². The van der Waals surface area contributed by atoms with E-state index >= 15 is 0 Å². The summed E-state index contributed by atoms with van der Waals surface area (Å²) in [6.45, 7) is 3.50. The number of aromatic nitrogens is 3. The summed E-state index contributed by atoms with van der Waals surface area (Å²) in [6, 6.07) is 15.0.